The second kappa shape index (κ2) is 18.5. The number of hydrogen-bond acceptors (Lipinski definition) is 11. The summed E-state index contributed by atoms with van der Waals surface area (Å²) in [6.45, 7) is 20.5. The molecule has 43 heavy (non-hydrogen) atoms. The van der Waals surface area contributed by atoms with Crippen LogP contribution in [0.4, 0.5) is 0 Å². The normalized spacial score (nSPS) is 10.0. The van der Waals surface area contributed by atoms with Gasteiger partial charge in [0.15, 0.2) is 5.69 Å². The van der Waals surface area contributed by atoms with Crippen molar-refractivity contribution in [1.82, 2.24) is 29.5 Å². The van der Waals surface area contributed by atoms with Crippen LogP contribution in [-0.4, -0.2) is 52.7 Å². The van der Waals surface area contributed by atoms with E-state index in [0.29, 0.717) is 10.9 Å². The van der Waals surface area contributed by atoms with Gasteiger partial charge in [0.1, 0.15) is 34.1 Å². The minimum Gasteiger partial charge on any atom is -0.512 e. The van der Waals surface area contributed by atoms with Gasteiger partial charge in [-0.3, -0.25) is 28.9 Å². The number of carbonyl (C=O) groups excluding carboxylic acids is 2. The summed E-state index contributed by atoms with van der Waals surface area (Å²) in [6.07, 6.45) is 6.58. The molecule has 0 aliphatic carbocycles. The summed E-state index contributed by atoms with van der Waals surface area (Å²) in [4.78, 5) is 31.6. The molecule has 0 aromatic carbocycles. The Morgan fingerprint density at radius 1 is 0.837 bits per heavy atom. The molecule has 222 valence electrons. The maximum atomic E-state index is 11.8. The Balaban J connectivity index is 0. The molecule has 0 bridgehead atoms. The minimum absolute atomic E-state index is 0. The Bertz CT molecular complexity index is 1570. The van der Waals surface area contributed by atoms with E-state index in [4.69, 9.17) is 38.4 Å². The fraction of sp³-hybridized carbons (Fsp3) is 0.393. The summed E-state index contributed by atoms with van der Waals surface area (Å²) in [5, 5.41) is 31.6. The van der Waals surface area contributed by atoms with Crippen molar-refractivity contribution in [3.8, 4) is 6.07 Å². The van der Waals surface area contributed by atoms with Crippen LogP contribution in [-0.2, 0) is 51.6 Å². The van der Waals surface area contributed by atoms with Crippen molar-refractivity contribution in [1.29, 1.82) is 15.8 Å². The molecule has 4 rings (SSSR count). The van der Waals surface area contributed by atoms with Crippen LogP contribution in [0.15, 0.2) is 36.9 Å². The van der Waals surface area contributed by atoms with Gasteiger partial charge in [0.05, 0.1) is 23.4 Å². The van der Waals surface area contributed by atoms with Crippen molar-refractivity contribution < 1.29 is 38.5 Å². The third kappa shape index (κ3) is 12.8. The smallest absolute Gasteiger partial charge is 0.512 e. The van der Waals surface area contributed by atoms with Gasteiger partial charge in [0, 0.05) is 23.2 Å². The quantitative estimate of drug-likeness (QED) is 0.120. The van der Waals surface area contributed by atoms with Crippen LogP contribution in [0.5, 0.6) is 0 Å². The number of carbonyl (C=O) groups is 2. The fourth-order valence-corrected chi connectivity index (χ4v) is 4.03. The Morgan fingerprint density at radius 3 is 1.65 bits per heavy atom. The maximum Gasteiger partial charge on any atom is 2.00 e. The predicted molar refractivity (Wildman–Crippen MR) is 161 cm³/mol. The van der Waals surface area contributed by atoms with Crippen molar-refractivity contribution in [2.24, 2.45) is 0 Å². The molecule has 4 aromatic rings. The van der Waals surface area contributed by atoms with E-state index in [2.05, 4.69) is 42.8 Å². The van der Waals surface area contributed by atoms with Crippen LogP contribution in [0.3, 0.4) is 0 Å². The molecule has 0 saturated carbocycles. The van der Waals surface area contributed by atoms with Crippen molar-refractivity contribution in [2.75, 3.05) is 0 Å². The second-order valence-electron chi connectivity index (χ2n) is 10.0. The molecule has 0 aliphatic heterocycles. The van der Waals surface area contributed by atoms with Gasteiger partial charge in [0.2, 0.25) is 0 Å². The summed E-state index contributed by atoms with van der Waals surface area (Å²) in [5.41, 5.74) is 0.737. The molecule has 0 N–H and O–H groups in total. The van der Waals surface area contributed by atoms with Crippen LogP contribution in [0.25, 0.3) is 21.8 Å². The molecule has 4 heterocycles. The van der Waals surface area contributed by atoms with Crippen LogP contribution < -0.4 is 0 Å². The summed E-state index contributed by atoms with van der Waals surface area (Å²) < 4.78 is 14.4. The SMILES string of the molecule is C.CC(C)(C)OC(=O)Cn1nc(C#N)c2ccncc21.CC(C)(C)OC(=O)Cn1nc(I)c2ccncc21.[C-]#N.[C-]#N.[Zn+2]. The average molecular weight is 751 g/mol. The first-order chi connectivity index (χ1) is 19.3. The van der Waals surface area contributed by atoms with E-state index >= 15 is 0 Å². The third-order valence-electron chi connectivity index (χ3n) is 4.57. The van der Waals surface area contributed by atoms with Crippen molar-refractivity contribution in [3.63, 3.8) is 0 Å². The van der Waals surface area contributed by atoms with Crippen LogP contribution in [0.1, 0.15) is 54.7 Å². The monoisotopic (exact) mass is 749 g/mol. The number of nitriles is 1. The standard InChI is InChI=1S/C13H14N4O2.C12H14IN3O2.2CN.CH4.Zn/c1-13(2,3)19-12(18)8-17-11-7-15-5-4-9(11)10(6-14)16-17;1-12(2,3)18-10(17)7-16-9-6-14-5-4-8(9)11(13)15-16;2*1-2;;/h4-5,7H,8H2,1-3H3;4-6H,7H2,1-3H3;;;1H4;/q;;2*-1;;+2. The molecule has 15 heteroatoms. The van der Waals surface area contributed by atoms with Crippen LogP contribution in [0.2, 0.25) is 0 Å². The fourth-order valence-electron chi connectivity index (χ4n) is 3.32. The van der Waals surface area contributed by atoms with E-state index in [1.54, 1.807) is 56.3 Å². The number of halogens is 1. The first kappa shape index (κ1) is 41.1. The van der Waals surface area contributed by atoms with Gasteiger partial charge in [-0.05, 0) is 76.3 Å². The van der Waals surface area contributed by atoms with Crippen LogP contribution >= 0.6 is 22.6 Å². The zero-order chi connectivity index (χ0) is 31.4. The first-order valence-electron chi connectivity index (χ1n) is 11.8. The largest absolute Gasteiger partial charge is 2.00 e. The number of pyridine rings is 2. The number of hydrogen-bond donors (Lipinski definition) is 0. The molecule has 0 spiro atoms. The van der Waals surface area contributed by atoms with Gasteiger partial charge in [-0.25, -0.2) is 0 Å². The molecule has 0 saturated heterocycles. The number of rotatable bonds is 4. The van der Waals surface area contributed by atoms with Gasteiger partial charge in [-0.15, -0.1) is 0 Å². The summed E-state index contributed by atoms with van der Waals surface area (Å²) in [6, 6.07) is 5.59. The van der Waals surface area contributed by atoms with E-state index in [-0.39, 0.29) is 51.7 Å². The Labute approximate surface area is 277 Å². The number of esters is 2. The van der Waals surface area contributed by atoms with E-state index in [0.717, 1.165) is 14.6 Å². The van der Waals surface area contributed by atoms with Gasteiger partial charge in [0.25, 0.3) is 0 Å². The Morgan fingerprint density at radius 2 is 1.23 bits per heavy atom. The molecule has 0 radical (unpaired) electrons. The van der Waals surface area contributed by atoms with Gasteiger partial charge in [-0.2, -0.15) is 15.5 Å². The topological polar surface area (TPSA) is 185 Å². The minimum atomic E-state index is -0.545. The first-order valence-corrected chi connectivity index (χ1v) is 12.9. The molecule has 0 atom stereocenters. The molecule has 0 unspecified atom stereocenters. The van der Waals surface area contributed by atoms with E-state index < -0.39 is 17.2 Å². The van der Waals surface area contributed by atoms with Crippen LogP contribution in [0, 0.1) is 38.7 Å². The van der Waals surface area contributed by atoms with Gasteiger partial charge in [-0.1, -0.05) is 7.43 Å². The van der Waals surface area contributed by atoms with Gasteiger partial charge < -0.3 is 33.1 Å². The Hall–Kier alpha value is -4.00. The molecule has 4 aromatic heterocycles. The van der Waals surface area contributed by atoms with Crippen molar-refractivity contribution in [3.05, 3.63) is 59.5 Å². The number of aromatic nitrogens is 6. The zero-order valence-corrected chi connectivity index (χ0v) is 29.2. The number of fused-ring (bicyclic) bond motifs is 2. The predicted octanol–water partition coefficient (Wildman–Crippen LogP) is 4.85. The van der Waals surface area contributed by atoms with Crippen molar-refractivity contribution in [2.45, 2.75) is 73.3 Å². The molecule has 0 amide bonds. The third-order valence-corrected chi connectivity index (χ3v) is 5.36. The molecule has 13 nitrogen and oxygen atoms in total. The zero-order valence-electron chi connectivity index (χ0n) is 24.1. The van der Waals surface area contributed by atoms with E-state index in [1.165, 1.54) is 4.68 Å². The molecule has 0 fully saturated rings. The second-order valence-corrected chi connectivity index (χ2v) is 11.0. The summed E-state index contributed by atoms with van der Waals surface area (Å²) in [7, 11) is 0. The van der Waals surface area contributed by atoms with Gasteiger partial charge >= 0.3 is 31.4 Å². The summed E-state index contributed by atoms with van der Waals surface area (Å²) in [5.74, 6) is -0.697. The number of nitrogens with zero attached hydrogens (tertiary/aromatic N) is 9. The maximum absolute atomic E-state index is 11.8. The number of ether oxygens (including phenoxy) is 2. The van der Waals surface area contributed by atoms with Crippen molar-refractivity contribution >= 4 is 56.3 Å². The molecular formula is C28H32IN9O4Zn. The summed E-state index contributed by atoms with van der Waals surface area (Å²) >= 11 is 2.14. The average Bonchev–Trinajstić information content (AvgIpc) is 3.41. The van der Waals surface area contributed by atoms with E-state index in [9.17, 15) is 9.59 Å². The van der Waals surface area contributed by atoms with E-state index in [1.807, 2.05) is 32.9 Å². The molecular weight excluding hydrogens is 719 g/mol. The molecule has 0 aliphatic rings. The Kier molecular flexibility index (Phi) is 17.7.